The summed E-state index contributed by atoms with van der Waals surface area (Å²) in [4.78, 5) is 11.8. The average molecular weight is 339 g/mol. The molecule has 0 saturated carbocycles. The molecule has 0 spiro atoms. The van der Waals surface area contributed by atoms with Gasteiger partial charge >= 0.3 is 0 Å². The Morgan fingerprint density at radius 3 is 2.44 bits per heavy atom. The molecular weight excluding hydrogens is 322 g/mol. The summed E-state index contributed by atoms with van der Waals surface area (Å²) in [5, 5.41) is 26.7. The Hall–Kier alpha value is -3.48. The predicted octanol–water partition coefficient (Wildman–Crippen LogP) is 2.57. The molecule has 1 heterocycles. The van der Waals surface area contributed by atoms with Gasteiger partial charge in [0.05, 0.1) is 7.11 Å². The highest BCUT2D eigenvalue weighted by atomic mass is 16.5. The van der Waals surface area contributed by atoms with Gasteiger partial charge in [-0.3, -0.25) is 9.89 Å². The number of aromatic amines is 1. The molecule has 0 aliphatic rings. The van der Waals surface area contributed by atoms with Gasteiger partial charge in [-0.15, -0.1) is 0 Å². The molecule has 7 heteroatoms. The summed E-state index contributed by atoms with van der Waals surface area (Å²) in [5.41, 5.74) is 8.04. The second kappa shape index (κ2) is 6.20. The first-order valence-corrected chi connectivity index (χ1v) is 7.48. The van der Waals surface area contributed by atoms with E-state index in [4.69, 9.17) is 10.5 Å². The SMILES string of the molecule is COc1ccc(-c2c(-c3cc(C)c(O)cc3O)n[nH]c2C(N)=O)cc1. The first-order valence-electron chi connectivity index (χ1n) is 7.48. The molecule has 5 N–H and O–H groups in total. The first kappa shape index (κ1) is 16.4. The van der Waals surface area contributed by atoms with Crippen molar-refractivity contribution in [1.82, 2.24) is 10.2 Å². The van der Waals surface area contributed by atoms with E-state index in [2.05, 4.69) is 10.2 Å². The van der Waals surface area contributed by atoms with E-state index in [0.717, 1.165) is 0 Å². The number of carbonyl (C=O) groups is 1. The van der Waals surface area contributed by atoms with Gasteiger partial charge in [0.2, 0.25) is 0 Å². The highest BCUT2D eigenvalue weighted by molar-refractivity contribution is 6.02. The number of nitrogens with two attached hydrogens (primary N) is 1. The molecule has 1 amide bonds. The summed E-state index contributed by atoms with van der Waals surface area (Å²) < 4.78 is 5.14. The number of phenolic OH excluding ortho intramolecular Hbond substituents is 2. The molecule has 7 nitrogen and oxygen atoms in total. The van der Waals surface area contributed by atoms with E-state index in [9.17, 15) is 15.0 Å². The normalized spacial score (nSPS) is 10.6. The number of rotatable bonds is 4. The van der Waals surface area contributed by atoms with Gasteiger partial charge in [-0.1, -0.05) is 12.1 Å². The molecule has 25 heavy (non-hydrogen) atoms. The third-order valence-electron chi connectivity index (χ3n) is 3.96. The second-order valence-corrected chi connectivity index (χ2v) is 5.57. The van der Waals surface area contributed by atoms with Gasteiger partial charge in [-0.25, -0.2) is 0 Å². The Balaban J connectivity index is 2.25. The zero-order chi connectivity index (χ0) is 18.1. The topological polar surface area (TPSA) is 121 Å². The van der Waals surface area contributed by atoms with E-state index in [-0.39, 0.29) is 17.2 Å². The van der Waals surface area contributed by atoms with Gasteiger partial charge in [0.25, 0.3) is 5.91 Å². The maximum absolute atomic E-state index is 11.8. The summed E-state index contributed by atoms with van der Waals surface area (Å²) in [7, 11) is 1.56. The van der Waals surface area contributed by atoms with Crippen LogP contribution in [0.4, 0.5) is 0 Å². The highest BCUT2D eigenvalue weighted by Gasteiger charge is 2.22. The van der Waals surface area contributed by atoms with Gasteiger partial charge in [0, 0.05) is 17.2 Å². The van der Waals surface area contributed by atoms with Crippen LogP contribution in [-0.4, -0.2) is 33.4 Å². The van der Waals surface area contributed by atoms with Crippen LogP contribution < -0.4 is 10.5 Å². The number of nitrogens with zero attached hydrogens (tertiary/aromatic N) is 1. The van der Waals surface area contributed by atoms with Crippen molar-refractivity contribution in [2.75, 3.05) is 7.11 Å². The van der Waals surface area contributed by atoms with Crippen LogP contribution in [0, 0.1) is 6.92 Å². The number of amides is 1. The summed E-state index contributed by atoms with van der Waals surface area (Å²) in [6.07, 6.45) is 0. The van der Waals surface area contributed by atoms with E-state index in [1.54, 1.807) is 44.4 Å². The number of aromatic hydroxyl groups is 2. The van der Waals surface area contributed by atoms with Crippen molar-refractivity contribution < 1.29 is 19.7 Å². The van der Waals surface area contributed by atoms with Crippen LogP contribution in [0.25, 0.3) is 22.4 Å². The number of primary amides is 1. The molecule has 3 rings (SSSR count). The largest absolute Gasteiger partial charge is 0.508 e. The summed E-state index contributed by atoms with van der Waals surface area (Å²) in [6.45, 7) is 1.70. The lowest BCUT2D eigenvalue weighted by Crippen LogP contribution is -2.12. The lowest BCUT2D eigenvalue weighted by molar-refractivity contribution is 0.0996. The van der Waals surface area contributed by atoms with Crippen LogP contribution in [0.2, 0.25) is 0 Å². The number of hydrogen-bond donors (Lipinski definition) is 4. The molecule has 0 saturated heterocycles. The number of nitrogens with one attached hydrogen (secondary N) is 1. The zero-order valence-electron chi connectivity index (χ0n) is 13.7. The summed E-state index contributed by atoms with van der Waals surface area (Å²) in [6, 6.07) is 9.87. The second-order valence-electron chi connectivity index (χ2n) is 5.57. The van der Waals surface area contributed by atoms with Gasteiger partial charge < -0.3 is 20.7 Å². The van der Waals surface area contributed by atoms with Crippen LogP contribution in [0.15, 0.2) is 36.4 Å². The van der Waals surface area contributed by atoms with Crippen LogP contribution in [0.5, 0.6) is 17.2 Å². The van der Waals surface area contributed by atoms with Crippen LogP contribution in [0.3, 0.4) is 0 Å². The molecule has 0 atom stereocenters. The molecule has 1 aromatic heterocycles. The molecule has 0 fully saturated rings. The molecule has 0 radical (unpaired) electrons. The smallest absolute Gasteiger partial charge is 0.267 e. The zero-order valence-corrected chi connectivity index (χ0v) is 13.7. The van der Waals surface area contributed by atoms with Crippen LogP contribution in [0.1, 0.15) is 16.1 Å². The number of phenols is 2. The number of hydrogen-bond acceptors (Lipinski definition) is 5. The molecule has 0 bridgehead atoms. The van der Waals surface area contributed by atoms with E-state index in [1.807, 2.05) is 0 Å². The standard InChI is InChI=1S/C18H17N3O4/c1-9-7-12(14(23)8-13(9)22)16-15(17(18(19)24)21-20-16)10-3-5-11(25-2)6-4-10/h3-8,22-23H,1-2H3,(H2,19,24)(H,20,21). The van der Waals surface area contributed by atoms with E-state index >= 15 is 0 Å². The Morgan fingerprint density at radius 1 is 1.16 bits per heavy atom. The van der Waals surface area contributed by atoms with Gasteiger partial charge in [0.15, 0.2) is 0 Å². The third kappa shape index (κ3) is 2.87. The van der Waals surface area contributed by atoms with Gasteiger partial charge in [-0.2, -0.15) is 5.10 Å². The molecule has 0 aliphatic carbocycles. The molecule has 0 unspecified atom stereocenters. The van der Waals surface area contributed by atoms with Crippen molar-refractivity contribution in [2.24, 2.45) is 5.73 Å². The van der Waals surface area contributed by atoms with E-state index in [1.165, 1.54) is 6.07 Å². The maximum Gasteiger partial charge on any atom is 0.267 e. The van der Waals surface area contributed by atoms with E-state index < -0.39 is 5.91 Å². The fraction of sp³-hybridized carbons (Fsp3) is 0.111. The Bertz CT molecular complexity index is 946. The third-order valence-corrected chi connectivity index (χ3v) is 3.96. The number of aromatic nitrogens is 2. The lowest BCUT2D eigenvalue weighted by Gasteiger charge is -2.09. The quantitative estimate of drug-likeness (QED) is 0.582. The average Bonchev–Trinajstić information content (AvgIpc) is 3.03. The highest BCUT2D eigenvalue weighted by Crippen LogP contribution is 2.40. The summed E-state index contributed by atoms with van der Waals surface area (Å²) >= 11 is 0. The minimum atomic E-state index is -0.667. The lowest BCUT2D eigenvalue weighted by atomic mass is 9.97. The fourth-order valence-corrected chi connectivity index (χ4v) is 2.63. The van der Waals surface area contributed by atoms with Crippen molar-refractivity contribution in [1.29, 1.82) is 0 Å². The number of benzene rings is 2. The molecular formula is C18H17N3O4. The number of H-pyrrole nitrogens is 1. The van der Waals surface area contributed by atoms with Crippen molar-refractivity contribution in [2.45, 2.75) is 6.92 Å². The molecule has 2 aromatic carbocycles. The van der Waals surface area contributed by atoms with Crippen molar-refractivity contribution >= 4 is 5.91 Å². The number of methoxy groups -OCH3 is 1. The summed E-state index contributed by atoms with van der Waals surface area (Å²) in [5.74, 6) is -0.185. The van der Waals surface area contributed by atoms with Crippen molar-refractivity contribution in [3.05, 3.63) is 47.7 Å². The fourth-order valence-electron chi connectivity index (χ4n) is 2.63. The maximum atomic E-state index is 11.8. The predicted molar refractivity (Wildman–Crippen MR) is 92.6 cm³/mol. The van der Waals surface area contributed by atoms with Crippen molar-refractivity contribution in [3.8, 4) is 39.6 Å². The first-order chi connectivity index (χ1) is 11.9. The molecule has 128 valence electrons. The van der Waals surface area contributed by atoms with Crippen molar-refractivity contribution in [3.63, 3.8) is 0 Å². The Labute approximate surface area is 143 Å². The molecule has 3 aromatic rings. The minimum Gasteiger partial charge on any atom is -0.508 e. The Morgan fingerprint density at radius 2 is 1.84 bits per heavy atom. The minimum absolute atomic E-state index is 0.0297. The number of ether oxygens (including phenoxy) is 1. The molecule has 0 aliphatic heterocycles. The van der Waals surface area contributed by atoms with Gasteiger partial charge in [0.1, 0.15) is 28.6 Å². The number of carbonyl (C=O) groups excluding carboxylic acids is 1. The Kier molecular flexibility index (Phi) is 4.06. The van der Waals surface area contributed by atoms with Crippen LogP contribution in [-0.2, 0) is 0 Å². The number of aryl methyl sites for hydroxylation is 1. The van der Waals surface area contributed by atoms with Gasteiger partial charge in [-0.05, 0) is 36.2 Å². The monoisotopic (exact) mass is 339 g/mol. The van der Waals surface area contributed by atoms with E-state index in [0.29, 0.717) is 33.7 Å². The van der Waals surface area contributed by atoms with Crippen LogP contribution >= 0.6 is 0 Å².